The van der Waals surface area contributed by atoms with Gasteiger partial charge >= 0.3 is 5.97 Å². The lowest BCUT2D eigenvalue weighted by Crippen LogP contribution is -2.41. The van der Waals surface area contributed by atoms with Crippen molar-refractivity contribution < 1.29 is 14.7 Å². The molecule has 0 saturated carbocycles. The summed E-state index contributed by atoms with van der Waals surface area (Å²) >= 11 is 0. The van der Waals surface area contributed by atoms with E-state index in [9.17, 15) is 9.59 Å². The molecule has 0 aliphatic rings. The zero-order valence-electron chi connectivity index (χ0n) is 11.0. The van der Waals surface area contributed by atoms with Crippen LogP contribution in [0.2, 0.25) is 0 Å². The molecule has 19 heavy (non-hydrogen) atoms. The summed E-state index contributed by atoms with van der Waals surface area (Å²) in [7, 11) is 0. The molecule has 1 rings (SSSR count). The van der Waals surface area contributed by atoms with Crippen LogP contribution in [0.1, 0.15) is 25.5 Å². The Hall–Kier alpha value is -1.92. The molecule has 5 N–H and O–H groups in total. The van der Waals surface area contributed by atoms with Gasteiger partial charge in [0, 0.05) is 25.2 Å². The van der Waals surface area contributed by atoms with E-state index in [0.717, 1.165) is 5.56 Å². The summed E-state index contributed by atoms with van der Waals surface area (Å²) < 4.78 is 0. The van der Waals surface area contributed by atoms with Gasteiger partial charge in [0.2, 0.25) is 5.91 Å². The van der Waals surface area contributed by atoms with Gasteiger partial charge in [-0.1, -0.05) is 12.1 Å². The van der Waals surface area contributed by atoms with E-state index in [1.54, 1.807) is 6.07 Å². The van der Waals surface area contributed by atoms with E-state index in [4.69, 9.17) is 10.8 Å². The van der Waals surface area contributed by atoms with Crippen molar-refractivity contribution in [2.45, 2.75) is 25.9 Å². The molecule has 2 unspecified atom stereocenters. The van der Waals surface area contributed by atoms with Crippen molar-refractivity contribution in [2.75, 3.05) is 11.9 Å². The third kappa shape index (κ3) is 5.07. The van der Waals surface area contributed by atoms with Crippen LogP contribution in [0.3, 0.4) is 0 Å². The highest BCUT2D eigenvalue weighted by atomic mass is 16.4. The van der Waals surface area contributed by atoms with Gasteiger partial charge < -0.3 is 21.5 Å². The fourth-order valence-corrected chi connectivity index (χ4v) is 1.60. The van der Waals surface area contributed by atoms with E-state index >= 15 is 0 Å². The van der Waals surface area contributed by atoms with E-state index in [1.807, 2.05) is 25.1 Å². The lowest BCUT2D eigenvalue weighted by Gasteiger charge is -2.17. The summed E-state index contributed by atoms with van der Waals surface area (Å²) in [5, 5.41) is 14.4. The van der Waals surface area contributed by atoms with Crippen molar-refractivity contribution >= 4 is 17.6 Å². The molecule has 0 heterocycles. The lowest BCUT2D eigenvalue weighted by atomic mass is 10.1. The first-order valence-corrected chi connectivity index (χ1v) is 5.99. The summed E-state index contributed by atoms with van der Waals surface area (Å²) in [6, 6.07) is 6.37. The molecule has 0 fully saturated rings. The minimum absolute atomic E-state index is 0.0564. The average Bonchev–Trinajstić information content (AvgIpc) is 2.34. The monoisotopic (exact) mass is 265 g/mol. The van der Waals surface area contributed by atoms with Gasteiger partial charge in [-0.15, -0.1) is 0 Å². The van der Waals surface area contributed by atoms with Crippen LogP contribution < -0.4 is 16.4 Å². The minimum Gasteiger partial charge on any atom is -0.480 e. The van der Waals surface area contributed by atoms with Gasteiger partial charge in [0.1, 0.15) is 6.04 Å². The fourth-order valence-electron chi connectivity index (χ4n) is 1.60. The quantitative estimate of drug-likeness (QED) is 0.606. The number of carbonyl (C=O) groups is 2. The third-order valence-corrected chi connectivity index (χ3v) is 2.67. The van der Waals surface area contributed by atoms with Crippen LogP contribution >= 0.6 is 0 Å². The Morgan fingerprint density at radius 2 is 2.11 bits per heavy atom. The van der Waals surface area contributed by atoms with Gasteiger partial charge in [0.05, 0.1) is 0 Å². The number of aliphatic carboxylic acids is 1. The molecule has 0 aromatic heterocycles. The number of hydrogen-bond acceptors (Lipinski definition) is 4. The van der Waals surface area contributed by atoms with E-state index in [0.29, 0.717) is 5.69 Å². The van der Waals surface area contributed by atoms with Crippen LogP contribution in [0, 0.1) is 0 Å². The molecule has 0 bridgehead atoms. The number of carboxylic acid groups (broad SMARTS) is 1. The number of rotatable bonds is 6. The molecule has 0 radical (unpaired) electrons. The van der Waals surface area contributed by atoms with Crippen molar-refractivity contribution in [1.82, 2.24) is 5.32 Å². The Balaban J connectivity index is 2.63. The zero-order chi connectivity index (χ0) is 14.4. The van der Waals surface area contributed by atoms with Crippen LogP contribution in [0.5, 0.6) is 0 Å². The number of carbonyl (C=O) groups excluding carboxylic acids is 1. The molecule has 0 spiro atoms. The maximum Gasteiger partial charge on any atom is 0.321 e. The number of amides is 1. The predicted octanol–water partition coefficient (Wildman–Crippen LogP) is 0.708. The first-order chi connectivity index (χ1) is 8.90. The Kier molecular flexibility index (Phi) is 5.47. The largest absolute Gasteiger partial charge is 0.480 e. The van der Waals surface area contributed by atoms with Crippen LogP contribution in [0.4, 0.5) is 5.69 Å². The van der Waals surface area contributed by atoms with E-state index < -0.39 is 12.0 Å². The van der Waals surface area contributed by atoms with E-state index in [2.05, 4.69) is 10.6 Å². The normalized spacial score (nSPS) is 13.6. The number of benzene rings is 1. The maximum absolute atomic E-state index is 11.0. The molecule has 2 atom stereocenters. The van der Waals surface area contributed by atoms with Crippen LogP contribution in [0.25, 0.3) is 0 Å². The summed E-state index contributed by atoms with van der Waals surface area (Å²) in [6.07, 6.45) is 0. The minimum atomic E-state index is -1.04. The second-order valence-electron chi connectivity index (χ2n) is 4.38. The predicted molar refractivity (Wildman–Crippen MR) is 72.8 cm³/mol. The van der Waals surface area contributed by atoms with Crippen molar-refractivity contribution in [1.29, 1.82) is 0 Å². The van der Waals surface area contributed by atoms with Gasteiger partial charge in [0.25, 0.3) is 0 Å². The molecule has 1 aromatic rings. The number of carboxylic acids is 1. The highest BCUT2D eigenvalue weighted by Gasteiger charge is 2.13. The first kappa shape index (κ1) is 15.1. The Labute approximate surface area is 112 Å². The summed E-state index contributed by atoms with van der Waals surface area (Å²) in [5.41, 5.74) is 7.08. The van der Waals surface area contributed by atoms with Crippen LogP contribution in [-0.2, 0) is 9.59 Å². The van der Waals surface area contributed by atoms with Crippen LogP contribution in [0.15, 0.2) is 24.3 Å². The zero-order valence-corrected chi connectivity index (χ0v) is 11.0. The van der Waals surface area contributed by atoms with Gasteiger partial charge in [0.15, 0.2) is 0 Å². The molecule has 6 nitrogen and oxygen atoms in total. The molecular formula is C13H19N3O3. The van der Waals surface area contributed by atoms with E-state index in [1.165, 1.54) is 6.92 Å². The van der Waals surface area contributed by atoms with Crippen molar-refractivity contribution in [3.8, 4) is 0 Å². The Morgan fingerprint density at radius 3 is 2.68 bits per heavy atom. The standard InChI is InChI=1S/C13H19N3O3/c1-8(15-7-12(14)13(18)19)10-4-3-5-11(6-10)16-9(2)17/h3-6,8,12,15H,7,14H2,1-2H3,(H,16,17)(H,18,19). The third-order valence-electron chi connectivity index (χ3n) is 2.67. The number of anilines is 1. The molecule has 0 aliphatic carbocycles. The summed E-state index contributed by atoms with van der Waals surface area (Å²) in [4.78, 5) is 21.6. The van der Waals surface area contributed by atoms with Gasteiger partial charge in [-0.3, -0.25) is 9.59 Å². The maximum atomic E-state index is 11.0. The van der Waals surface area contributed by atoms with Crippen LogP contribution in [-0.4, -0.2) is 29.6 Å². The van der Waals surface area contributed by atoms with E-state index in [-0.39, 0.29) is 18.5 Å². The van der Waals surface area contributed by atoms with Crippen molar-refractivity contribution in [3.63, 3.8) is 0 Å². The number of nitrogens with one attached hydrogen (secondary N) is 2. The smallest absolute Gasteiger partial charge is 0.321 e. The highest BCUT2D eigenvalue weighted by Crippen LogP contribution is 2.17. The Morgan fingerprint density at radius 1 is 1.42 bits per heavy atom. The van der Waals surface area contributed by atoms with Crippen molar-refractivity contribution in [2.24, 2.45) is 5.73 Å². The summed E-state index contributed by atoms with van der Waals surface area (Å²) in [5.74, 6) is -1.17. The molecule has 104 valence electrons. The second-order valence-corrected chi connectivity index (χ2v) is 4.38. The molecule has 0 aliphatic heterocycles. The molecule has 0 saturated heterocycles. The molecule has 6 heteroatoms. The van der Waals surface area contributed by atoms with Crippen molar-refractivity contribution in [3.05, 3.63) is 29.8 Å². The first-order valence-electron chi connectivity index (χ1n) is 5.99. The molecular weight excluding hydrogens is 246 g/mol. The second kappa shape index (κ2) is 6.86. The Bertz CT molecular complexity index is 462. The lowest BCUT2D eigenvalue weighted by molar-refractivity contribution is -0.138. The van der Waals surface area contributed by atoms with Gasteiger partial charge in [-0.25, -0.2) is 0 Å². The number of hydrogen-bond donors (Lipinski definition) is 4. The van der Waals surface area contributed by atoms with Gasteiger partial charge in [-0.05, 0) is 24.6 Å². The fraction of sp³-hybridized carbons (Fsp3) is 0.385. The topological polar surface area (TPSA) is 104 Å². The number of nitrogens with two attached hydrogens (primary N) is 1. The SMILES string of the molecule is CC(=O)Nc1cccc(C(C)NCC(N)C(=O)O)c1. The molecule has 1 aromatic carbocycles. The average molecular weight is 265 g/mol. The highest BCUT2D eigenvalue weighted by molar-refractivity contribution is 5.88. The summed E-state index contributed by atoms with van der Waals surface area (Å²) in [6.45, 7) is 3.53. The van der Waals surface area contributed by atoms with Gasteiger partial charge in [-0.2, -0.15) is 0 Å². The molecule has 1 amide bonds.